The molecule has 0 saturated heterocycles. The predicted octanol–water partition coefficient (Wildman–Crippen LogP) is 4.72. The van der Waals surface area contributed by atoms with Crippen LogP contribution in [-0.2, 0) is 9.59 Å². The van der Waals surface area contributed by atoms with Gasteiger partial charge in [0.1, 0.15) is 0 Å². The van der Waals surface area contributed by atoms with E-state index in [1.807, 2.05) is 0 Å². The third kappa shape index (κ3) is 8.45. The zero-order chi connectivity index (χ0) is 16.2. The van der Waals surface area contributed by atoms with Gasteiger partial charge in [-0.1, -0.05) is 45.4 Å². The summed E-state index contributed by atoms with van der Waals surface area (Å²) in [5, 5.41) is 5.58. The lowest BCUT2D eigenvalue weighted by Crippen LogP contribution is -2.11. The maximum atomic E-state index is 11.8. The molecule has 0 heterocycles. The SMILES string of the molecule is CCCCCCCCCC(=O)Nc1ccc(NC(C)=O)cc1. The Hall–Kier alpha value is -1.84. The molecule has 2 amide bonds. The van der Waals surface area contributed by atoms with E-state index in [0.717, 1.165) is 24.2 Å². The van der Waals surface area contributed by atoms with E-state index in [1.165, 1.54) is 39.0 Å². The van der Waals surface area contributed by atoms with Gasteiger partial charge in [0.25, 0.3) is 0 Å². The average Bonchev–Trinajstić information content (AvgIpc) is 2.48. The van der Waals surface area contributed by atoms with Crippen molar-refractivity contribution in [2.75, 3.05) is 10.6 Å². The molecule has 1 aromatic carbocycles. The molecule has 0 aliphatic heterocycles. The fourth-order valence-electron chi connectivity index (χ4n) is 2.31. The fraction of sp³-hybridized carbons (Fsp3) is 0.556. The number of carbonyl (C=O) groups is 2. The van der Waals surface area contributed by atoms with Gasteiger partial charge >= 0.3 is 0 Å². The number of nitrogens with one attached hydrogen (secondary N) is 2. The molecule has 1 aromatic rings. The van der Waals surface area contributed by atoms with Crippen molar-refractivity contribution in [3.05, 3.63) is 24.3 Å². The lowest BCUT2D eigenvalue weighted by molar-refractivity contribution is -0.116. The lowest BCUT2D eigenvalue weighted by Gasteiger charge is -2.07. The van der Waals surface area contributed by atoms with Crippen LogP contribution in [0, 0.1) is 0 Å². The monoisotopic (exact) mass is 304 g/mol. The molecular weight excluding hydrogens is 276 g/mol. The Morgan fingerprint density at radius 2 is 1.32 bits per heavy atom. The van der Waals surface area contributed by atoms with Crippen LogP contribution < -0.4 is 10.6 Å². The van der Waals surface area contributed by atoms with Crippen molar-refractivity contribution >= 4 is 23.2 Å². The van der Waals surface area contributed by atoms with Crippen LogP contribution in [0.4, 0.5) is 11.4 Å². The number of hydrogen-bond donors (Lipinski definition) is 2. The highest BCUT2D eigenvalue weighted by Crippen LogP contribution is 2.14. The molecule has 0 bridgehead atoms. The number of benzene rings is 1. The highest BCUT2D eigenvalue weighted by atomic mass is 16.2. The van der Waals surface area contributed by atoms with Crippen molar-refractivity contribution in [2.45, 2.75) is 65.2 Å². The molecule has 2 N–H and O–H groups in total. The summed E-state index contributed by atoms with van der Waals surface area (Å²) in [7, 11) is 0. The van der Waals surface area contributed by atoms with E-state index in [2.05, 4.69) is 17.6 Å². The van der Waals surface area contributed by atoms with Crippen LogP contribution in [0.25, 0.3) is 0 Å². The van der Waals surface area contributed by atoms with Crippen LogP contribution in [0.1, 0.15) is 65.2 Å². The molecular formula is C18H28N2O2. The summed E-state index contributed by atoms with van der Waals surface area (Å²) in [5.74, 6) is -0.0449. The van der Waals surface area contributed by atoms with E-state index in [9.17, 15) is 9.59 Å². The van der Waals surface area contributed by atoms with E-state index < -0.39 is 0 Å². The minimum atomic E-state index is -0.101. The van der Waals surface area contributed by atoms with Crippen molar-refractivity contribution in [3.8, 4) is 0 Å². The predicted molar refractivity (Wildman–Crippen MR) is 92.0 cm³/mol. The summed E-state index contributed by atoms with van der Waals surface area (Å²) >= 11 is 0. The molecule has 0 saturated carbocycles. The van der Waals surface area contributed by atoms with Gasteiger partial charge < -0.3 is 10.6 Å². The van der Waals surface area contributed by atoms with Gasteiger partial charge in [0.2, 0.25) is 11.8 Å². The van der Waals surface area contributed by atoms with Crippen LogP contribution in [0.2, 0.25) is 0 Å². The third-order valence-corrected chi connectivity index (χ3v) is 3.50. The summed E-state index contributed by atoms with van der Waals surface area (Å²) in [4.78, 5) is 22.8. The molecule has 22 heavy (non-hydrogen) atoms. The van der Waals surface area contributed by atoms with Crippen LogP contribution >= 0.6 is 0 Å². The largest absolute Gasteiger partial charge is 0.326 e. The van der Waals surface area contributed by atoms with Gasteiger partial charge in [0.05, 0.1) is 0 Å². The Labute approximate surface area is 133 Å². The minimum absolute atomic E-state index is 0.0563. The Morgan fingerprint density at radius 3 is 1.86 bits per heavy atom. The topological polar surface area (TPSA) is 58.2 Å². The Kier molecular flexibility index (Phi) is 8.96. The van der Waals surface area contributed by atoms with Gasteiger partial charge in [0.15, 0.2) is 0 Å². The molecule has 0 aliphatic rings. The first-order valence-corrected chi connectivity index (χ1v) is 8.29. The first kappa shape index (κ1) is 18.2. The molecule has 1 rings (SSSR count). The van der Waals surface area contributed by atoms with Crippen LogP contribution in [0.15, 0.2) is 24.3 Å². The first-order chi connectivity index (χ1) is 10.6. The van der Waals surface area contributed by atoms with Crippen LogP contribution in [-0.4, -0.2) is 11.8 Å². The molecule has 0 spiro atoms. The summed E-state index contributed by atoms with van der Waals surface area (Å²) < 4.78 is 0. The first-order valence-electron chi connectivity index (χ1n) is 8.29. The zero-order valence-corrected chi connectivity index (χ0v) is 13.8. The van der Waals surface area contributed by atoms with Gasteiger partial charge in [0, 0.05) is 24.7 Å². The van der Waals surface area contributed by atoms with E-state index in [-0.39, 0.29) is 11.8 Å². The van der Waals surface area contributed by atoms with E-state index in [0.29, 0.717) is 6.42 Å². The summed E-state index contributed by atoms with van der Waals surface area (Å²) in [6, 6.07) is 7.16. The van der Waals surface area contributed by atoms with E-state index in [1.54, 1.807) is 24.3 Å². The van der Waals surface area contributed by atoms with Crippen LogP contribution in [0.5, 0.6) is 0 Å². The number of unbranched alkanes of at least 4 members (excludes halogenated alkanes) is 6. The second kappa shape index (κ2) is 10.8. The van der Waals surface area contributed by atoms with Gasteiger partial charge in [-0.25, -0.2) is 0 Å². The molecule has 4 heteroatoms. The van der Waals surface area contributed by atoms with Crippen molar-refractivity contribution in [1.29, 1.82) is 0 Å². The van der Waals surface area contributed by atoms with Crippen molar-refractivity contribution in [3.63, 3.8) is 0 Å². The summed E-state index contributed by atoms with van der Waals surface area (Å²) in [6.07, 6.45) is 9.03. The van der Waals surface area contributed by atoms with Gasteiger partial charge in [-0.3, -0.25) is 9.59 Å². The van der Waals surface area contributed by atoms with Gasteiger partial charge in [-0.05, 0) is 30.7 Å². The van der Waals surface area contributed by atoms with Crippen molar-refractivity contribution in [2.24, 2.45) is 0 Å². The average molecular weight is 304 g/mol. The molecule has 0 fully saturated rings. The molecule has 4 nitrogen and oxygen atoms in total. The second-order valence-corrected chi connectivity index (χ2v) is 5.68. The van der Waals surface area contributed by atoms with Gasteiger partial charge in [-0.15, -0.1) is 0 Å². The Balaban J connectivity index is 2.17. The molecule has 0 radical (unpaired) electrons. The molecule has 0 atom stereocenters. The Morgan fingerprint density at radius 1 is 0.818 bits per heavy atom. The number of amides is 2. The quantitative estimate of drug-likeness (QED) is 0.614. The van der Waals surface area contributed by atoms with Gasteiger partial charge in [-0.2, -0.15) is 0 Å². The molecule has 0 aliphatic carbocycles. The summed E-state index contributed by atoms with van der Waals surface area (Å²) in [6.45, 7) is 3.69. The fourth-order valence-corrected chi connectivity index (χ4v) is 2.31. The summed E-state index contributed by atoms with van der Waals surface area (Å²) in [5.41, 5.74) is 1.50. The number of rotatable bonds is 10. The lowest BCUT2D eigenvalue weighted by atomic mass is 10.1. The highest BCUT2D eigenvalue weighted by molar-refractivity contribution is 5.92. The number of hydrogen-bond acceptors (Lipinski definition) is 2. The van der Waals surface area contributed by atoms with E-state index in [4.69, 9.17) is 0 Å². The minimum Gasteiger partial charge on any atom is -0.326 e. The normalized spacial score (nSPS) is 10.3. The second-order valence-electron chi connectivity index (χ2n) is 5.68. The van der Waals surface area contributed by atoms with Crippen molar-refractivity contribution in [1.82, 2.24) is 0 Å². The number of anilines is 2. The van der Waals surface area contributed by atoms with E-state index >= 15 is 0 Å². The molecule has 0 aromatic heterocycles. The Bertz CT molecular complexity index is 455. The molecule has 122 valence electrons. The van der Waals surface area contributed by atoms with Crippen molar-refractivity contribution < 1.29 is 9.59 Å². The third-order valence-electron chi connectivity index (χ3n) is 3.50. The van der Waals surface area contributed by atoms with Crippen LogP contribution in [0.3, 0.4) is 0 Å². The standard InChI is InChI=1S/C18H28N2O2/c1-3-4-5-6-7-8-9-10-18(22)20-17-13-11-16(12-14-17)19-15(2)21/h11-14H,3-10H2,1-2H3,(H,19,21)(H,20,22). The smallest absolute Gasteiger partial charge is 0.224 e. The maximum absolute atomic E-state index is 11.8. The number of carbonyl (C=O) groups excluding carboxylic acids is 2. The highest BCUT2D eigenvalue weighted by Gasteiger charge is 2.03. The molecule has 0 unspecified atom stereocenters. The maximum Gasteiger partial charge on any atom is 0.224 e. The zero-order valence-electron chi connectivity index (χ0n) is 13.8.